The van der Waals surface area contributed by atoms with Crippen LogP contribution in [-0.2, 0) is 4.79 Å². The molecule has 0 aromatic heterocycles. The Balaban J connectivity index is 1.65. The van der Waals surface area contributed by atoms with Gasteiger partial charge < -0.3 is 15.3 Å². The Kier molecular flexibility index (Phi) is 6.01. The minimum Gasteiger partial charge on any atom is -0.481 e. The summed E-state index contributed by atoms with van der Waals surface area (Å²) >= 11 is 1.99. The summed E-state index contributed by atoms with van der Waals surface area (Å²) in [5.74, 6) is 2.54. The Labute approximate surface area is 124 Å². The molecule has 0 saturated carbocycles. The number of rotatable bonds is 4. The molecule has 114 valence electrons. The van der Waals surface area contributed by atoms with Crippen LogP contribution in [0.1, 0.15) is 32.1 Å². The van der Waals surface area contributed by atoms with Crippen LogP contribution in [0.4, 0.5) is 4.79 Å². The third kappa shape index (κ3) is 4.89. The molecular formula is C14H24N2O3S. The zero-order valence-electron chi connectivity index (χ0n) is 11.8. The maximum atomic E-state index is 12.1. The molecule has 0 aromatic rings. The van der Waals surface area contributed by atoms with Gasteiger partial charge in [0.1, 0.15) is 0 Å². The van der Waals surface area contributed by atoms with E-state index >= 15 is 0 Å². The zero-order valence-corrected chi connectivity index (χ0v) is 12.7. The Hall–Kier alpha value is -0.910. The number of carboxylic acid groups (broad SMARTS) is 1. The molecule has 0 aliphatic carbocycles. The van der Waals surface area contributed by atoms with Crippen LogP contribution in [0.25, 0.3) is 0 Å². The predicted molar refractivity (Wildman–Crippen MR) is 80.0 cm³/mol. The quantitative estimate of drug-likeness (QED) is 0.833. The molecule has 0 atom stereocenters. The summed E-state index contributed by atoms with van der Waals surface area (Å²) in [5.41, 5.74) is 0. The standard InChI is InChI=1S/C14H24N2O3S/c17-13(18)9-11-1-5-16(6-2-11)14(19)15-10-12-3-7-20-8-4-12/h11-12H,1-10H2,(H,15,19)(H,17,18). The normalized spacial score (nSPS) is 21.7. The second kappa shape index (κ2) is 7.76. The first-order valence-electron chi connectivity index (χ1n) is 7.47. The van der Waals surface area contributed by atoms with E-state index in [4.69, 9.17) is 5.11 Å². The van der Waals surface area contributed by atoms with Crippen molar-refractivity contribution < 1.29 is 14.7 Å². The second-order valence-electron chi connectivity index (χ2n) is 5.77. The first-order chi connectivity index (χ1) is 9.65. The fourth-order valence-electron chi connectivity index (χ4n) is 2.88. The number of aliphatic carboxylic acids is 1. The van der Waals surface area contributed by atoms with Crippen molar-refractivity contribution in [1.29, 1.82) is 0 Å². The molecule has 2 N–H and O–H groups in total. The molecule has 0 unspecified atom stereocenters. The number of carboxylic acids is 1. The second-order valence-corrected chi connectivity index (χ2v) is 6.99. The summed E-state index contributed by atoms with van der Waals surface area (Å²) in [6.07, 6.45) is 4.24. The number of nitrogens with zero attached hydrogens (tertiary/aromatic N) is 1. The molecule has 0 bridgehead atoms. The van der Waals surface area contributed by atoms with E-state index in [-0.39, 0.29) is 18.4 Å². The number of hydrogen-bond donors (Lipinski definition) is 2. The summed E-state index contributed by atoms with van der Waals surface area (Å²) in [4.78, 5) is 24.6. The average Bonchev–Trinajstić information content (AvgIpc) is 2.46. The number of hydrogen-bond acceptors (Lipinski definition) is 3. The van der Waals surface area contributed by atoms with Crippen LogP contribution >= 0.6 is 11.8 Å². The van der Waals surface area contributed by atoms with Gasteiger partial charge >= 0.3 is 12.0 Å². The monoisotopic (exact) mass is 300 g/mol. The Bertz CT molecular complexity index is 337. The lowest BCUT2D eigenvalue weighted by Gasteiger charge is -2.32. The van der Waals surface area contributed by atoms with Crippen LogP contribution in [0.5, 0.6) is 0 Å². The lowest BCUT2D eigenvalue weighted by Crippen LogP contribution is -2.46. The van der Waals surface area contributed by atoms with Gasteiger partial charge in [0.25, 0.3) is 0 Å². The number of amides is 2. The molecule has 2 amide bonds. The van der Waals surface area contributed by atoms with E-state index in [0.717, 1.165) is 19.4 Å². The van der Waals surface area contributed by atoms with Gasteiger partial charge in [-0.25, -0.2) is 4.79 Å². The fourth-order valence-corrected chi connectivity index (χ4v) is 4.09. The summed E-state index contributed by atoms with van der Waals surface area (Å²) in [5, 5.41) is 11.8. The average molecular weight is 300 g/mol. The molecule has 0 radical (unpaired) electrons. The first kappa shape index (κ1) is 15.5. The highest BCUT2D eigenvalue weighted by Gasteiger charge is 2.24. The van der Waals surface area contributed by atoms with Crippen molar-refractivity contribution in [2.24, 2.45) is 11.8 Å². The van der Waals surface area contributed by atoms with E-state index in [1.807, 2.05) is 16.7 Å². The number of carbonyl (C=O) groups excluding carboxylic acids is 1. The van der Waals surface area contributed by atoms with Crippen molar-refractivity contribution in [2.45, 2.75) is 32.1 Å². The highest BCUT2D eigenvalue weighted by atomic mass is 32.2. The number of piperidine rings is 1. The van der Waals surface area contributed by atoms with Crippen molar-refractivity contribution in [3.05, 3.63) is 0 Å². The highest BCUT2D eigenvalue weighted by Crippen LogP contribution is 2.23. The number of thioether (sulfide) groups is 1. The lowest BCUT2D eigenvalue weighted by molar-refractivity contribution is -0.138. The SMILES string of the molecule is O=C(O)CC1CCN(C(=O)NCC2CCSCC2)CC1. The van der Waals surface area contributed by atoms with Crippen molar-refractivity contribution in [3.8, 4) is 0 Å². The van der Waals surface area contributed by atoms with Gasteiger partial charge in [-0.3, -0.25) is 4.79 Å². The molecule has 0 spiro atoms. The topological polar surface area (TPSA) is 69.6 Å². The predicted octanol–water partition coefficient (Wildman–Crippen LogP) is 2.03. The minimum absolute atomic E-state index is 0.0250. The van der Waals surface area contributed by atoms with Crippen molar-refractivity contribution in [2.75, 3.05) is 31.1 Å². The van der Waals surface area contributed by atoms with Crippen LogP contribution in [0.3, 0.4) is 0 Å². The van der Waals surface area contributed by atoms with Gasteiger partial charge in [0, 0.05) is 26.1 Å². The third-order valence-electron chi connectivity index (χ3n) is 4.25. The molecule has 2 aliphatic rings. The first-order valence-corrected chi connectivity index (χ1v) is 8.63. The number of urea groups is 1. The number of nitrogens with one attached hydrogen (secondary N) is 1. The number of likely N-dealkylation sites (tertiary alicyclic amines) is 1. The third-order valence-corrected chi connectivity index (χ3v) is 5.30. The van der Waals surface area contributed by atoms with Gasteiger partial charge in [-0.2, -0.15) is 11.8 Å². The zero-order chi connectivity index (χ0) is 14.4. The fraction of sp³-hybridized carbons (Fsp3) is 0.857. The Morgan fingerprint density at radius 2 is 1.75 bits per heavy atom. The van der Waals surface area contributed by atoms with E-state index in [1.54, 1.807) is 0 Å². The lowest BCUT2D eigenvalue weighted by atomic mass is 9.94. The molecular weight excluding hydrogens is 276 g/mol. The van der Waals surface area contributed by atoms with Gasteiger partial charge in [0.15, 0.2) is 0 Å². The molecule has 2 fully saturated rings. The maximum absolute atomic E-state index is 12.1. The molecule has 2 aliphatic heterocycles. The van der Waals surface area contributed by atoms with Crippen molar-refractivity contribution in [1.82, 2.24) is 10.2 Å². The highest BCUT2D eigenvalue weighted by molar-refractivity contribution is 7.99. The molecule has 0 aromatic carbocycles. The van der Waals surface area contributed by atoms with E-state index < -0.39 is 5.97 Å². The molecule has 6 heteroatoms. The minimum atomic E-state index is -0.733. The van der Waals surface area contributed by atoms with Crippen molar-refractivity contribution >= 4 is 23.8 Å². The molecule has 2 rings (SSSR count). The maximum Gasteiger partial charge on any atom is 0.317 e. The van der Waals surface area contributed by atoms with Gasteiger partial charge in [0.05, 0.1) is 0 Å². The van der Waals surface area contributed by atoms with Gasteiger partial charge in [-0.05, 0) is 49.0 Å². The summed E-state index contributed by atoms with van der Waals surface area (Å²) in [6.45, 7) is 2.16. The van der Waals surface area contributed by atoms with Crippen LogP contribution in [-0.4, -0.2) is 53.1 Å². The van der Waals surface area contributed by atoms with Crippen LogP contribution < -0.4 is 5.32 Å². The van der Waals surface area contributed by atoms with E-state index in [9.17, 15) is 9.59 Å². The Morgan fingerprint density at radius 1 is 1.10 bits per heavy atom. The Morgan fingerprint density at radius 3 is 2.35 bits per heavy atom. The van der Waals surface area contributed by atoms with E-state index in [0.29, 0.717) is 19.0 Å². The molecule has 2 heterocycles. The molecule has 5 nitrogen and oxygen atoms in total. The van der Waals surface area contributed by atoms with E-state index in [1.165, 1.54) is 24.3 Å². The summed E-state index contributed by atoms with van der Waals surface area (Å²) in [7, 11) is 0. The van der Waals surface area contributed by atoms with Crippen LogP contribution in [0.15, 0.2) is 0 Å². The van der Waals surface area contributed by atoms with Gasteiger partial charge in [0.2, 0.25) is 0 Å². The van der Waals surface area contributed by atoms with Crippen molar-refractivity contribution in [3.63, 3.8) is 0 Å². The number of carbonyl (C=O) groups is 2. The van der Waals surface area contributed by atoms with Gasteiger partial charge in [-0.15, -0.1) is 0 Å². The largest absolute Gasteiger partial charge is 0.481 e. The summed E-state index contributed by atoms with van der Waals surface area (Å²) < 4.78 is 0. The van der Waals surface area contributed by atoms with E-state index in [2.05, 4.69) is 5.32 Å². The van der Waals surface area contributed by atoms with Crippen LogP contribution in [0.2, 0.25) is 0 Å². The summed E-state index contributed by atoms with van der Waals surface area (Å²) in [6, 6.07) is 0.0250. The van der Waals surface area contributed by atoms with Gasteiger partial charge in [-0.1, -0.05) is 0 Å². The molecule has 20 heavy (non-hydrogen) atoms. The molecule has 2 saturated heterocycles. The van der Waals surface area contributed by atoms with Crippen LogP contribution in [0, 0.1) is 11.8 Å². The smallest absolute Gasteiger partial charge is 0.317 e.